The number of benzene rings is 2. The van der Waals surface area contributed by atoms with E-state index in [-0.39, 0.29) is 12.1 Å². The molecule has 1 N–H and O–H groups in total. The lowest BCUT2D eigenvalue weighted by atomic mass is 10.1. The number of carbonyl (C=O) groups excluding carboxylic acids is 1. The van der Waals surface area contributed by atoms with Crippen molar-refractivity contribution in [2.24, 2.45) is 0 Å². The quantitative estimate of drug-likeness (QED) is 0.716. The molecule has 3 rings (SSSR count). The third-order valence-electron chi connectivity index (χ3n) is 3.65. The van der Waals surface area contributed by atoms with Crippen LogP contribution in [0.1, 0.15) is 22.0 Å². The Balaban J connectivity index is 1.79. The van der Waals surface area contributed by atoms with E-state index in [4.69, 9.17) is 0 Å². The molecule has 1 aromatic heterocycles. The van der Waals surface area contributed by atoms with Gasteiger partial charge in [0.1, 0.15) is 5.75 Å². The Kier molecular flexibility index (Phi) is 5.39. The van der Waals surface area contributed by atoms with Gasteiger partial charge in [0.25, 0.3) is 5.91 Å². The Morgan fingerprint density at radius 1 is 1.07 bits per heavy atom. The first-order chi connectivity index (χ1) is 12.9. The van der Waals surface area contributed by atoms with Crippen molar-refractivity contribution in [2.45, 2.75) is 18.9 Å². The van der Waals surface area contributed by atoms with Gasteiger partial charge in [0.05, 0.1) is 25.0 Å². The van der Waals surface area contributed by atoms with Gasteiger partial charge in [-0.3, -0.25) is 4.79 Å². The molecule has 0 saturated heterocycles. The number of rotatable bonds is 6. The minimum absolute atomic E-state index is 0.0473. The summed E-state index contributed by atoms with van der Waals surface area (Å²) in [6.07, 6.45) is -1.79. The van der Waals surface area contributed by atoms with Gasteiger partial charge in [0.15, 0.2) is 0 Å². The Morgan fingerprint density at radius 3 is 2.44 bits per heavy atom. The molecule has 0 aliphatic carbocycles. The lowest BCUT2D eigenvalue weighted by Gasteiger charge is -2.19. The van der Waals surface area contributed by atoms with Crippen LogP contribution in [-0.4, -0.2) is 27.3 Å². The van der Waals surface area contributed by atoms with Crippen molar-refractivity contribution >= 4 is 5.91 Å². The third kappa shape index (κ3) is 5.30. The van der Waals surface area contributed by atoms with Gasteiger partial charge in [-0.25, -0.2) is 0 Å². The molecule has 0 fully saturated rings. The lowest BCUT2D eigenvalue weighted by molar-refractivity contribution is -0.274. The average Bonchev–Trinajstić information content (AvgIpc) is 3.14. The fourth-order valence-corrected chi connectivity index (χ4v) is 2.50. The van der Waals surface area contributed by atoms with E-state index < -0.39 is 24.1 Å². The molecular formula is C18H15F3N4O2. The van der Waals surface area contributed by atoms with E-state index in [2.05, 4.69) is 20.3 Å². The average molecular weight is 376 g/mol. The first-order valence-electron chi connectivity index (χ1n) is 7.96. The van der Waals surface area contributed by atoms with Gasteiger partial charge in [-0.15, -0.1) is 13.2 Å². The largest absolute Gasteiger partial charge is 0.573 e. The van der Waals surface area contributed by atoms with Crippen LogP contribution in [0, 0.1) is 0 Å². The summed E-state index contributed by atoms with van der Waals surface area (Å²) in [5.74, 6) is -0.996. The molecule has 0 unspecified atom stereocenters. The Hall–Kier alpha value is -3.36. The number of hydrogen-bond acceptors (Lipinski definition) is 4. The second kappa shape index (κ2) is 7.90. The number of alkyl halides is 3. The molecule has 0 bridgehead atoms. The van der Waals surface area contributed by atoms with Crippen LogP contribution < -0.4 is 10.1 Å². The maximum absolute atomic E-state index is 12.6. The van der Waals surface area contributed by atoms with Crippen LogP contribution in [-0.2, 0) is 6.54 Å². The van der Waals surface area contributed by atoms with Crippen LogP contribution in [0.5, 0.6) is 5.75 Å². The van der Waals surface area contributed by atoms with Crippen molar-refractivity contribution in [2.75, 3.05) is 0 Å². The minimum Gasteiger partial charge on any atom is -0.406 e. The van der Waals surface area contributed by atoms with E-state index in [9.17, 15) is 18.0 Å². The van der Waals surface area contributed by atoms with Crippen molar-refractivity contribution in [3.8, 4) is 5.75 Å². The topological polar surface area (TPSA) is 69.0 Å². The highest BCUT2D eigenvalue weighted by atomic mass is 19.4. The summed E-state index contributed by atoms with van der Waals surface area (Å²) in [5, 5.41) is 10.9. The molecule has 0 spiro atoms. The fraction of sp³-hybridized carbons (Fsp3) is 0.167. The lowest BCUT2D eigenvalue weighted by Crippen LogP contribution is -2.32. The number of nitrogens with zero attached hydrogens (tertiary/aromatic N) is 3. The second-order valence-corrected chi connectivity index (χ2v) is 5.60. The number of ether oxygens (including phenoxy) is 1. The van der Waals surface area contributed by atoms with Gasteiger partial charge >= 0.3 is 6.36 Å². The summed E-state index contributed by atoms with van der Waals surface area (Å²) in [6.45, 7) is 0.265. The summed E-state index contributed by atoms with van der Waals surface area (Å²) in [4.78, 5) is 14.0. The van der Waals surface area contributed by atoms with Crippen molar-refractivity contribution < 1.29 is 22.7 Å². The van der Waals surface area contributed by atoms with Crippen molar-refractivity contribution in [1.82, 2.24) is 20.3 Å². The maximum atomic E-state index is 12.6. The Bertz CT molecular complexity index is 883. The molecule has 9 heteroatoms. The molecule has 0 aliphatic heterocycles. The molecule has 2 aromatic carbocycles. The summed E-state index contributed by atoms with van der Waals surface area (Å²) >= 11 is 0. The molecule has 0 saturated carbocycles. The molecule has 0 aliphatic rings. The minimum atomic E-state index is -4.83. The molecule has 1 atom stereocenters. The first-order valence-corrected chi connectivity index (χ1v) is 7.96. The predicted molar refractivity (Wildman–Crippen MR) is 89.8 cm³/mol. The van der Waals surface area contributed by atoms with Crippen LogP contribution >= 0.6 is 0 Å². The highest BCUT2D eigenvalue weighted by molar-refractivity contribution is 5.94. The molecule has 3 aromatic rings. The second-order valence-electron chi connectivity index (χ2n) is 5.60. The molecular weight excluding hydrogens is 361 g/mol. The number of aromatic nitrogens is 3. The van der Waals surface area contributed by atoms with Crippen LogP contribution in [0.4, 0.5) is 13.2 Å². The fourth-order valence-electron chi connectivity index (χ4n) is 2.50. The van der Waals surface area contributed by atoms with Crippen molar-refractivity contribution in [3.63, 3.8) is 0 Å². The standard InChI is InChI=1S/C18H15F3N4O2/c19-18(20,21)27-15-8-4-7-14(11-15)17(26)24-16(12-25-22-9-10-23-25)13-5-2-1-3-6-13/h1-11,16H,12H2,(H,24,26)/t16-/m1/s1. The predicted octanol–water partition coefficient (Wildman–Crippen LogP) is 3.35. The maximum Gasteiger partial charge on any atom is 0.573 e. The van der Waals surface area contributed by atoms with Gasteiger partial charge < -0.3 is 10.1 Å². The number of amides is 1. The smallest absolute Gasteiger partial charge is 0.406 e. The van der Waals surface area contributed by atoms with Crippen LogP contribution in [0.15, 0.2) is 67.0 Å². The molecule has 1 heterocycles. The number of nitrogens with one attached hydrogen (secondary N) is 1. The van der Waals surface area contributed by atoms with Gasteiger partial charge in [-0.05, 0) is 23.8 Å². The van der Waals surface area contributed by atoms with E-state index in [1.54, 1.807) is 0 Å². The Morgan fingerprint density at radius 2 is 1.78 bits per heavy atom. The number of carbonyl (C=O) groups is 1. The monoisotopic (exact) mass is 376 g/mol. The molecule has 1 amide bonds. The zero-order chi connectivity index (χ0) is 19.3. The summed E-state index contributed by atoms with van der Waals surface area (Å²) in [6, 6.07) is 13.6. The first kappa shape index (κ1) is 18.4. The van der Waals surface area contributed by atoms with E-state index >= 15 is 0 Å². The molecule has 140 valence electrons. The van der Waals surface area contributed by atoms with Gasteiger partial charge in [-0.1, -0.05) is 36.4 Å². The zero-order valence-electron chi connectivity index (χ0n) is 13.9. The van der Waals surface area contributed by atoms with E-state index in [1.165, 1.54) is 29.3 Å². The van der Waals surface area contributed by atoms with Crippen molar-refractivity contribution in [1.29, 1.82) is 0 Å². The van der Waals surface area contributed by atoms with Crippen LogP contribution in [0.2, 0.25) is 0 Å². The molecule has 6 nitrogen and oxygen atoms in total. The van der Waals surface area contributed by atoms with E-state index in [0.717, 1.165) is 17.7 Å². The van der Waals surface area contributed by atoms with Gasteiger partial charge in [0.2, 0.25) is 0 Å². The summed E-state index contributed by atoms with van der Waals surface area (Å²) in [5.41, 5.74) is 0.858. The third-order valence-corrected chi connectivity index (χ3v) is 3.65. The van der Waals surface area contributed by atoms with Crippen molar-refractivity contribution in [3.05, 3.63) is 78.1 Å². The zero-order valence-corrected chi connectivity index (χ0v) is 13.9. The van der Waals surface area contributed by atoms with Crippen LogP contribution in [0.25, 0.3) is 0 Å². The number of halogens is 3. The van der Waals surface area contributed by atoms with E-state index in [1.807, 2.05) is 30.3 Å². The summed E-state index contributed by atoms with van der Waals surface area (Å²) < 4.78 is 41.0. The number of hydrogen-bond donors (Lipinski definition) is 1. The van der Waals surface area contributed by atoms with Gasteiger partial charge in [-0.2, -0.15) is 15.0 Å². The van der Waals surface area contributed by atoms with E-state index in [0.29, 0.717) is 0 Å². The van der Waals surface area contributed by atoms with Crippen LogP contribution in [0.3, 0.4) is 0 Å². The molecule has 27 heavy (non-hydrogen) atoms. The highest BCUT2D eigenvalue weighted by Gasteiger charge is 2.31. The highest BCUT2D eigenvalue weighted by Crippen LogP contribution is 2.24. The van der Waals surface area contributed by atoms with Gasteiger partial charge in [0, 0.05) is 5.56 Å². The SMILES string of the molecule is O=C(N[C@H](Cn1nccn1)c1ccccc1)c1cccc(OC(F)(F)F)c1. The Labute approximate surface area is 152 Å². The summed E-state index contributed by atoms with van der Waals surface area (Å²) in [7, 11) is 0. The molecule has 0 radical (unpaired) electrons. The normalized spacial score (nSPS) is 12.4.